The van der Waals surface area contributed by atoms with Gasteiger partial charge in [0.2, 0.25) is 0 Å². The van der Waals surface area contributed by atoms with E-state index in [4.69, 9.17) is 14.7 Å². The van der Waals surface area contributed by atoms with Crippen LogP contribution in [0.15, 0.2) is 97.1 Å². The van der Waals surface area contributed by atoms with Gasteiger partial charge in [0.15, 0.2) is 6.61 Å². The Hall–Kier alpha value is -5.50. The number of aromatic nitrogens is 3. The predicted molar refractivity (Wildman–Crippen MR) is 192 cm³/mol. The molecule has 0 spiro atoms. The number of nitrogens with zero attached hydrogens (tertiary/aromatic N) is 4. The topological polar surface area (TPSA) is 97.5 Å². The normalized spacial score (nSPS) is 15.2. The van der Waals surface area contributed by atoms with Crippen molar-refractivity contribution < 1.29 is 19.4 Å². The minimum atomic E-state index is -0.952. The highest BCUT2D eigenvalue weighted by atomic mass is 16.5. The summed E-state index contributed by atoms with van der Waals surface area (Å²) in [5.41, 5.74) is 7.58. The van der Waals surface area contributed by atoms with Gasteiger partial charge in [0, 0.05) is 35.6 Å². The molecule has 2 fully saturated rings. The maximum Gasteiger partial charge on any atom is 0.335 e. The number of aromatic carboxylic acids is 1. The molecule has 0 bridgehead atoms. The summed E-state index contributed by atoms with van der Waals surface area (Å²) in [5, 5.41) is 10.6. The molecular formula is C41H38N4O4. The zero-order valence-electron chi connectivity index (χ0n) is 27.3. The fourth-order valence-corrected chi connectivity index (χ4v) is 7.46. The summed E-state index contributed by atoms with van der Waals surface area (Å²) in [4.78, 5) is 36.5. The van der Waals surface area contributed by atoms with Crippen molar-refractivity contribution in [3.63, 3.8) is 0 Å². The fraction of sp³-hybridized carbons (Fsp3) is 0.268. The molecule has 0 atom stereocenters. The van der Waals surface area contributed by atoms with Crippen LogP contribution in [0, 0.1) is 0 Å². The Kier molecular flexibility index (Phi) is 8.29. The second-order valence-corrected chi connectivity index (χ2v) is 13.2. The van der Waals surface area contributed by atoms with Gasteiger partial charge < -0.3 is 19.3 Å². The van der Waals surface area contributed by atoms with Gasteiger partial charge in [0.25, 0.3) is 5.91 Å². The number of carbonyl (C=O) groups is 2. The van der Waals surface area contributed by atoms with Gasteiger partial charge in [-0.15, -0.1) is 0 Å². The molecule has 1 saturated carbocycles. The van der Waals surface area contributed by atoms with Crippen LogP contribution in [0.5, 0.6) is 5.75 Å². The second kappa shape index (κ2) is 13.2. The minimum absolute atomic E-state index is 0.0152. The molecule has 8 nitrogen and oxygen atoms in total. The van der Waals surface area contributed by atoms with E-state index in [0.717, 1.165) is 89.0 Å². The molecule has 0 unspecified atom stereocenters. The van der Waals surface area contributed by atoms with Crippen LogP contribution in [0.1, 0.15) is 61.3 Å². The van der Waals surface area contributed by atoms with E-state index in [9.17, 15) is 14.7 Å². The van der Waals surface area contributed by atoms with Crippen molar-refractivity contribution in [2.45, 2.75) is 51.0 Å². The van der Waals surface area contributed by atoms with E-state index in [1.165, 1.54) is 19.3 Å². The minimum Gasteiger partial charge on any atom is -0.484 e. The van der Waals surface area contributed by atoms with Gasteiger partial charge in [-0.25, -0.2) is 14.8 Å². The number of carboxylic acids is 1. The third-order valence-corrected chi connectivity index (χ3v) is 10.00. The summed E-state index contributed by atoms with van der Waals surface area (Å²) >= 11 is 0. The lowest BCUT2D eigenvalue weighted by atomic mass is 9.94. The van der Waals surface area contributed by atoms with Gasteiger partial charge in [0.1, 0.15) is 11.6 Å². The highest BCUT2D eigenvalue weighted by molar-refractivity contribution is 5.94. The van der Waals surface area contributed by atoms with E-state index >= 15 is 0 Å². The highest BCUT2D eigenvalue weighted by Crippen LogP contribution is 2.38. The van der Waals surface area contributed by atoms with E-state index in [1.807, 2.05) is 59.5 Å². The molecule has 8 heteroatoms. The van der Waals surface area contributed by atoms with E-state index < -0.39 is 5.97 Å². The number of amides is 1. The monoisotopic (exact) mass is 650 g/mol. The number of hydrogen-bond acceptors (Lipinski definition) is 5. The molecule has 4 aromatic carbocycles. The van der Waals surface area contributed by atoms with Crippen molar-refractivity contribution >= 4 is 33.8 Å². The van der Waals surface area contributed by atoms with Crippen LogP contribution in [-0.2, 0) is 4.79 Å². The standard InChI is InChI=1S/C41H38N4O4/c46-39(44-21-7-8-22-44)26-49-32-16-17-33(27-9-3-1-4-10-27)34(25-32)36-19-13-28-23-29(14-18-35(28)42-36)40-43-37-24-30(41(47)48)15-20-38(37)45(40)31-11-5-2-6-12-31/h1,3-4,9-10,13-20,23-25,31H,2,5-8,11-12,21-22,26H2,(H,47,48). The van der Waals surface area contributed by atoms with Crippen LogP contribution in [0.3, 0.4) is 0 Å². The third-order valence-electron chi connectivity index (χ3n) is 10.00. The van der Waals surface area contributed by atoms with Crippen molar-refractivity contribution in [2.75, 3.05) is 19.7 Å². The Morgan fingerprint density at radius 2 is 1.55 bits per heavy atom. The lowest BCUT2D eigenvalue weighted by molar-refractivity contribution is -0.132. The summed E-state index contributed by atoms with van der Waals surface area (Å²) in [5.74, 6) is 0.554. The number of benzene rings is 4. The number of rotatable bonds is 8. The molecule has 6 aromatic rings. The Balaban J connectivity index is 1.16. The molecule has 1 aliphatic heterocycles. The molecule has 1 amide bonds. The van der Waals surface area contributed by atoms with Crippen molar-refractivity contribution in [3.05, 3.63) is 103 Å². The largest absolute Gasteiger partial charge is 0.484 e. The van der Waals surface area contributed by atoms with Crippen molar-refractivity contribution in [1.29, 1.82) is 0 Å². The highest BCUT2D eigenvalue weighted by Gasteiger charge is 2.24. The molecule has 49 heavy (non-hydrogen) atoms. The van der Waals surface area contributed by atoms with Crippen LogP contribution in [0.25, 0.3) is 55.7 Å². The Bertz CT molecular complexity index is 2180. The van der Waals surface area contributed by atoms with Gasteiger partial charge in [-0.1, -0.05) is 61.7 Å². The summed E-state index contributed by atoms with van der Waals surface area (Å²) in [7, 11) is 0. The third kappa shape index (κ3) is 6.15. The summed E-state index contributed by atoms with van der Waals surface area (Å²) in [6, 6.07) is 32.1. The number of ether oxygens (including phenoxy) is 1. The zero-order chi connectivity index (χ0) is 33.3. The van der Waals surface area contributed by atoms with Gasteiger partial charge >= 0.3 is 5.97 Å². The maximum absolute atomic E-state index is 12.7. The molecule has 246 valence electrons. The first-order valence-electron chi connectivity index (χ1n) is 17.3. The van der Waals surface area contributed by atoms with Crippen LogP contribution in [0.2, 0.25) is 0 Å². The number of fused-ring (bicyclic) bond motifs is 2. The quantitative estimate of drug-likeness (QED) is 0.177. The number of likely N-dealkylation sites (tertiary alicyclic amines) is 1. The molecule has 1 aliphatic carbocycles. The molecule has 0 radical (unpaired) electrons. The van der Waals surface area contributed by atoms with E-state index in [2.05, 4.69) is 34.9 Å². The average Bonchev–Trinajstić information content (AvgIpc) is 3.83. The molecule has 1 N–H and O–H groups in total. The maximum atomic E-state index is 12.7. The Morgan fingerprint density at radius 3 is 2.35 bits per heavy atom. The first kappa shape index (κ1) is 30.8. The molecule has 3 heterocycles. The predicted octanol–water partition coefficient (Wildman–Crippen LogP) is 8.79. The van der Waals surface area contributed by atoms with Crippen LogP contribution in [-0.4, -0.2) is 56.1 Å². The number of carboxylic acid groups (broad SMARTS) is 1. The van der Waals surface area contributed by atoms with Crippen LogP contribution >= 0.6 is 0 Å². The SMILES string of the molecule is O=C(O)c1ccc2c(c1)nc(-c1ccc3nc(-c4cc(OCC(=O)N5CCCC5)ccc4-c4ccccc4)ccc3c1)n2C1CCCCC1. The first-order valence-corrected chi connectivity index (χ1v) is 17.3. The fourth-order valence-electron chi connectivity index (χ4n) is 7.46. The molecule has 8 rings (SSSR count). The van der Waals surface area contributed by atoms with Gasteiger partial charge in [-0.05, 0) is 91.4 Å². The number of imidazole rings is 1. The van der Waals surface area contributed by atoms with Gasteiger partial charge in [-0.3, -0.25) is 4.79 Å². The lowest BCUT2D eigenvalue weighted by Gasteiger charge is -2.25. The molecular weight excluding hydrogens is 612 g/mol. The Morgan fingerprint density at radius 1 is 0.735 bits per heavy atom. The van der Waals surface area contributed by atoms with Crippen molar-refractivity contribution in [2.24, 2.45) is 0 Å². The van der Waals surface area contributed by atoms with E-state index in [-0.39, 0.29) is 18.1 Å². The second-order valence-electron chi connectivity index (χ2n) is 13.2. The van der Waals surface area contributed by atoms with Gasteiger partial charge in [0.05, 0.1) is 27.8 Å². The van der Waals surface area contributed by atoms with Gasteiger partial charge in [-0.2, -0.15) is 0 Å². The van der Waals surface area contributed by atoms with Crippen molar-refractivity contribution in [3.8, 4) is 39.5 Å². The summed E-state index contributed by atoms with van der Waals surface area (Å²) in [6.45, 7) is 1.61. The summed E-state index contributed by atoms with van der Waals surface area (Å²) < 4.78 is 8.36. The lowest BCUT2D eigenvalue weighted by Crippen LogP contribution is -2.32. The molecule has 2 aliphatic rings. The van der Waals surface area contributed by atoms with Crippen LogP contribution in [0.4, 0.5) is 0 Å². The van der Waals surface area contributed by atoms with E-state index in [1.54, 1.807) is 12.1 Å². The first-order chi connectivity index (χ1) is 24.0. The van der Waals surface area contributed by atoms with E-state index in [0.29, 0.717) is 17.3 Å². The van der Waals surface area contributed by atoms with Crippen LogP contribution < -0.4 is 4.74 Å². The zero-order valence-corrected chi connectivity index (χ0v) is 27.3. The number of hydrogen-bond donors (Lipinski definition) is 1. The average molecular weight is 651 g/mol. The Labute approximate surface area is 285 Å². The number of carbonyl (C=O) groups excluding carboxylic acids is 1. The molecule has 1 saturated heterocycles. The molecule has 2 aromatic heterocycles. The van der Waals surface area contributed by atoms with Crippen molar-refractivity contribution in [1.82, 2.24) is 19.4 Å². The summed E-state index contributed by atoms with van der Waals surface area (Å²) in [6.07, 6.45) is 7.84. The number of pyridine rings is 1. The smallest absolute Gasteiger partial charge is 0.335 e.